The van der Waals surface area contributed by atoms with E-state index < -0.39 is 50.9 Å². The van der Waals surface area contributed by atoms with Crippen LogP contribution in [0.5, 0.6) is 0 Å². The maximum atomic E-state index is 12.8. The number of nitriles is 1. The number of alkyl halides is 6. The molecule has 2 rings (SSSR count). The molecule has 1 aliphatic rings. The summed E-state index contributed by atoms with van der Waals surface area (Å²) < 4.78 is 102. The molecule has 1 aromatic rings. The Morgan fingerprint density at radius 2 is 1.80 bits per heavy atom. The zero-order chi connectivity index (χ0) is 19.0. The fourth-order valence-corrected chi connectivity index (χ4v) is 4.23. The lowest BCUT2D eigenvalue weighted by molar-refractivity contribution is -0.182. The number of sulfonamides is 1. The molecule has 138 valence electrons. The van der Waals surface area contributed by atoms with Gasteiger partial charge in [-0.05, 0) is 31.0 Å². The van der Waals surface area contributed by atoms with E-state index in [4.69, 9.17) is 5.26 Å². The van der Waals surface area contributed by atoms with Gasteiger partial charge in [0, 0.05) is 13.1 Å². The minimum atomic E-state index is -4.78. The summed E-state index contributed by atoms with van der Waals surface area (Å²) in [7, 11) is -4.52. The average Bonchev–Trinajstić information content (AvgIpc) is 2.52. The van der Waals surface area contributed by atoms with E-state index in [1.807, 2.05) is 0 Å². The summed E-state index contributed by atoms with van der Waals surface area (Å²) in [5.41, 5.74) is -1.97. The fraction of sp³-hybridized carbons (Fsp3) is 0.500. The molecule has 1 unspecified atom stereocenters. The minimum Gasteiger partial charge on any atom is -0.207 e. The van der Waals surface area contributed by atoms with Gasteiger partial charge in [-0.1, -0.05) is 0 Å². The van der Waals surface area contributed by atoms with Crippen molar-refractivity contribution in [2.75, 3.05) is 13.1 Å². The maximum Gasteiger partial charge on any atom is 0.416 e. The Hall–Kier alpha value is -1.80. The molecule has 0 saturated carbocycles. The minimum absolute atomic E-state index is 0.0358. The van der Waals surface area contributed by atoms with Gasteiger partial charge in [-0.15, -0.1) is 0 Å². The molecule has 1 fully saturated rings. The Kier molecular flexibility index (Phi) is 5.07. The molecular formula is C14H12F6N2O2S. The Labute approximate surface area is 139 Å². The van der Waals surface area contributed by atoms with Gasteiger partial charge < -0.3 is 0 Å². The first-order valence-electron chi connectivity index (χ1n) is 7.05. The summed E-state index contributed by atoms with van der Waals surface area (Å²) >= 11 is 0. The number of benzene rings is 1. The Bertz CT molecular complexity index is 795. The Balaban J connectivity index is 2.41. The van der Waals surface area contributed by atoms with Crippen LogP contribution in [-0.2, 0) is 16.2 Å². The van der Waals surface area contributed by atoms with Crippen molar-refractivity contribution in [2.24, 2.45) is 5.92 Å². The van der Waals surface area contributed by atoms with Gasteiger partial charge in [-0.3, -0.25) is 0 Å². The zero-order valence-electron chi connectivity index (χ0n) is 12.5. The van der Waals surface area contributed by atoms with Gasteiger partial charge in [-0.25, -0.2) is 8.42 Å². The van der Waals surface area contributed by atoms with E-state index in [2.05, 4.69) is 0 Å². The van der Waals surface area contributed by atoms with Gasteiger partial charge in [0.2, 0.25) is 10.0 Å². The first-order valence-corrected chi connectivity index (χ1v) is 8.49. The normalized spacial score (nSPS) is 20.3. The van der Waals surface area contributed by atoms with E-state index >= 15 is 0 Å². The molecule has 1 saturated heterocycles. The topological polar surface area (TPSA) is 61.2 Å². The summed E-state index contributed by atoms with van der Waals surface area (Å²) in [5, 5.41) is 8.97. The molecule has 0 N–H and O–H groups in total. The number of hydrogen-bond acceptors (Lipinski definition) is 3. The summed E-state index contributed by atoms with van der Waals surface area (Å²) in [5.74, 6) is -1.85. The molecule has 0 amide bonds. The molecule has 1 heterocycles. The standard InChI is InChI=1S/C14H12F6N2O2S/c15-13(16,17)10-3-4-12(9(6-10)7-21)25(23,24)22-5-1-2-11(8-22)14(18,19)20/h3-4,6,11H,1-2,5,8H2. The van der Waals surface area contributed by atoms with E-state index in [9.17, 15) is 34.8 Å². The van der Waals surface area contributed by atoms with Gasteiger partial charge >= 0.3 is 12.4 Å². The number of halogens is 6. The largest absolute Gasteiger partial charge is 0.416 e. The third-order valence-corrected chi connectivity index (χ3v) is 5.82. The van der Waals surface area contributed by atoms with Gasteiger partial charge in [0.05, 0.1) is 21.9 Å². The second-order valence-corrected chi connectivity index (χ2v) is 7.47. The summed E-state index contributed by atoms with van der Waals surface area (Å²) in [6.45, 7) is -1.02. The van der Waals surface area contributed by atoms with Crippen molar-refractivity contribution in [3.8, 4) is 6.07 Å². The summed E-state index contributed by atoms with van der Waals surface area (Å²) in [6, 6.07) is 2.83. The van der Waals surface area contributed by atoms with E-state index in [1.165, 1.54) is 6.07 Å². The quantitative estimate of drug-likeness (QED) is 0.731. The molecule has 0 radical (unpaired) electrons. The number of piperidine rings is 1. The van der Waals surface area contributed by atoms with E-state index in [1.54, 1.807) is 0 Å². The maximum absolute atomic E-state index is 12.8. The monoisotopic (exact) mass is 386 g/mol. The SMILES string of the molecule is N#Cc1cc(C(F)(F)F)ccc1S(=O)(=O)N1CCCC(C(F)(F)F)C1. The molecule has 4 nitrogen and oxygen atoms in total. The van der Waals surface area contributed by atoms with E-state index in [0.29, 0.717) is 22.5 Å². The van der Waals surface area contributed by atoms with Crippen LogP contribution in [0.15, 0.2) is 23.1 Å². The van der Waals surface area contributed by atoms with Gasteiger partial charge in [0.25, 0.3) is 0 Å². The van der Waals surface area contributed by atoms with E-state index in [0.717, 1.165) is 0 Å². The van der Waals surface area contributed by atoms with Crippen LogP contribution < -0.4 is 0 Å². The molecule has 0 bridgehead atoms. The smallest absolute Gasteiger partial charge is 0.207 e. The van der Waals surface area contributed by atoms with Gasteiger partial charge in [0.15, 0.2) is 0 Å². The van der Waals surface area contributed by atoms with Crippen LogP contribution in [0.4, 0.5) is 26.3 Å². The first kappa shape index (κ1) is 19.5. The number of hydrogen-bond donors (Lipinski definition) is 0. The van der Waals surface area contributed by atoms with E-state index in [-0.39, 0.29) is 19.4 Å². The zero-order valence-corrected chi connectivity index (χ0v) is 13.3. The van der Waals surface area contributed by atoms with Crippen LogP contribution in [0.1, 0.15) is 24.0 Å². The Morgan fingerprint density at radius 1 is 1.16 bits per heavy atom. The van der Waals surface area contributed by atoms with Gasteiger partial charge in [-0.2, -0.15) is 35.9 Å². The van der Waals surface area contributed by atoms with Crippen LogP contribution in [0.3, 0.4) is 0 Å². The van der Waals surface area contributed by atoms with Crippen molar-refractivity contribution in [1.29, 1.82) is 5.26 Å². The van der Waals surface area contributed by atoms with Crippen molar-refractivity contribution < 1.29 is 34.8 Å². The summed E-state index contributed by atoms with van der Waals surface area (Å²) in [4.78, 5) is -0.731. The molecule has 25 heavy (non-hydrogen) atoms. The molecule has 0 aromatic heterocycles. The van der Waals surface area contributed by atoms with Crippen LogP contribution in [0.25, 0.3) is 0 Å². The molecule has 0 aliphatic carbocycles. The average molecular weight is 386 g/mol. The second-order valence-electron chi connectivity index (χ2n) is 5.56. The lowest BCUT2D eigenvalue weighted by Crippen LogP contribution is -2.44. The van der Waals surface area contributed by atoms with Crippen molar-refractivity contribution >= 4 is 10.0 Å². The van der Waals surface area contributed by atoms with Crippen molar-refractivity contribution in [3.63, 3.8) is 0 Å². The highest BCUT2D eigenvalue weighted by Gasteiger charge is 2.44. The van der Waals surface area contributed by atoms with Crippen LogP contribution in [0.2, 0.25) is 0 Å². The molecule has 0 spiro atoms. The molecule has 11 heteroatoms. The Morgan fingerprint density at radius 3 is 2.32 bits per heavy atom. The van der Waals surface area contributed by atoms with Crippen molar-refractivity contribution in [2.45, 2.75) is 30.1 Å². The highest BCUT2D eigenvalue weighted by atomic mass is 32.2. The lowest BCUT2D eigenvalue weighted by atomic mass is 9.99. The fourth-order valence-electron chi connectivity index (χ4n) is 2.59. The lowest BCUT2D eigenvalue weighted by Gasteiger charge is -2.33. The highest BCUT2D eigenvalue weighted by Crippen LogP contribution is 2.36. The molecule has 1 aliphatic heterocycles. The predicted octanol–water partition coefficient (Wildman–Crippen LogP) is 3.54. The number of nitrogens with zero attached hydrogens (tertiary/aromatic N) is 2. The highest BCUT2D eigenvalue weighted by molar-refractivity contribution is 7.89. The molecule has 1 atom stereocenters. The summed E-state index contributed by atoms with van der Waals surface area (Å²) in [6.07, 6.45) is -9.62. The third kappa shape index (κ3) is 4.07. The van der Waals surface area contributed by atoms with Crippen LogP contribution >= 0.6 is 0 Å². The number of rotatable bonds is 2. The predicted molar refractivity (Wildman–Crippen MR) is 73.7 cm³/mol. The molecular weight excluding hydrogens is 374 g/mol. The molecule has 1 aromatic carbocycles. The van der Waals surface area contributed by atoms with Crippen molar-refractivity contribution in [3.05, 3.63) is 29.3 Å². The van der Waals surface area contributed by atoms with Crippen molar-refractivity contribution in [1.82, 2.24) is 4.31 Å². The van der Waals surface area contributed by atoms with Crippen LogP contribution in [0, 0.1) is 17.2 Å². The second kappa shape index (κ2) is 6.49. The van der Waals surface area contributed by atoms with Crippen LogP contribution in [-0.4, -0.2) is 32.0 Å². The van der Waals surface area contributed by atoms with Gasteiger partial charge in [0.1, 0.15) is 6.07 Å². The first-order chi connectivity index (χ1) is 11.4. The third-order valence-electron chi connectivity index (χ3n) is 3.89.